The van der Waals surface area contributed by atoms with Crippen LogP contribution in [0.15, 0.2) is 35.1 Å². The molecule has 0 aliphatic heterocycles. The van der Waals surface area contributed by atoms with Gasteiger partial charge in [-0.15, -0.1) is 12.4 Å². The number of aromatic amines is 1. The number of halogens is 1. The highest BCUT2D eigenvalue weighted by molar-refractivity contribution is 5.91. The lowest BCUT2D eigenvalue weighted by atomic mass is 10.2. The molecular weight excluding hydrogens is 304 g/mol. The summed E-state index contributed by atoms with van der Waals surface area (Å²) in [6.45, 7) is 2.41. The SMILES string of the molecule is CNCCC(=O)Nc1ccc(-c2nc(C)cc(=O)[nH]2)cc1.Cl. The van der Waals surface area contributed by atoms with Crippen molar-refractivity contribution >= 4 is 24.0 Å². The maximum Gasteiger partial charge on any atom is 0.251 e. The molecule has 6 nitrogen and oxygen atoms in total. The Morgan fingerprint density at radius 1 is 1.27 bits per heavy atom. The Balaban J connectivity index is 0.00000242. The van der Waals surface area contributed by atoms with E-state index in [1.807, 2.05) is 12.1 Å². The monoisotopic (exact) mass is 322 g/mol. The number of hydrogen-bond donors (Lipinski definition) is 3. The van der Waals surface area contributed by atoms with Crippen molar-refractivity contribution in [1.82, 2.24) is 15.3 Å². The minimum absolute atomic E-state index is 0. The summed E-state index contributed by atoms with van der Waals surface area (Å²) >= 11 is 0. The summed E-state index contributed by atoms with van der Waals surface area (Å²) in [7, 11) is 1.80. The Morgan fingerprint density at radius 3 is 2.55 bits per heavy atom. The third-order valence-corrected chi connectivity index (χ3v) is 2.91. The molecule has 0 fully saturated rings. The Bertz CT molecular complexity index is 683. The summed E-state index contributed by atoms with van der Waals surface area (Å²) in [6, 6.07) is 8.64. The van der Waals surface area contributed by atoms with Crippen molar-refractivity contribution in [2.24, 2.45) is 0 Å². The van der Waals surface area contributed by atoms with Crippen molar-refractivity contribution in [3.05, 3.63) is 46.4 Å². The molecule has 0 aliphatic rings. The fourth-order valence-corrected chi connectivity index (χ4v) is 1.89. The Kier molecular flexibility index (Phi) is 6.75. The molecule has 2 aromatic rings. The first kappa shape index (κ1) is 17.9. The number of aryl methyl sites for hydroxylation is 1. The zero-order chi connectivity index (χ0) is 15.2. The van der Waals surface area contributed by atoms with Gasteiger partial charge in [-0.2, -0.15) is 0 Å². The van der Waals surface area contributed by atoms with Gasteiger partial charge in [-0.3, -0.25) is 9.59 Å². The number of anilines is 1. The zero-order valence-corrected chi connectivity index (χ0v) is 13.3. The van der Waals surface area contributed by atoms with Gasteiger partial charge in [0, 0.05) is 36.0 Å². The number of nitrogens with zero attached hydrogens (tertiary/aromatic N) is 1. The summed E-state index contributed by atoms with van der Waals surface area (Å²) in [4.78, 5) is 30.0. The van der Waals surface area contributed by atoms with Crippen LogP contribution in [-0.4, -0.2) is 29.5 Å². The fourth-order valence-electron chi connectivity index (χ4n) is 1.89. The molecule has 0 spiro atoms. The molecule has 0 radical (unpaired) electrons. The summed E-state index contributed by atoms with van der Waals surface area (Å²) in [5, 5.41) is 5.73. The van der Waals surface area contributed by atoms with Gasteiger partial charge in [0.2, 0.25) is 5.91 Å². The van der Waals surface area contributed by atoms with Crippen molar-refractivity contribution in [3.63, 3.8) is 0 Å². The predicted molar refractivity (Wildman–Crippen MR) is 89.5 cm³/mol. The van der Waals surface area contributed by atoms with Crippen molar-refractivity contribution < 1.29 is 4.79 Å². The van der Waals surface area contributed by atoms with Gasteiger partial charge >= 0.3 is 0 Å². The molecule has 22 heavy (non-hydrogen) atoms. The van der Waals surface area contributed by atoms with Gasteiger partial charge < -0.3 is 15.6 Å². The second-order valence-electron chi connectivity index (χ2n) is 4.71. The maximum absolute atomic E-state index is 11.6. The lowest BCUT2D eigenvalue weighted by molar-refractivity contribution is -0.116. The first-order chi connectivity index (χ1) is 10.1. The van der Waals surface area contributed by atoms with Crippen LogP contribution >= 0.6 is 12.4 Å². The molecule has 3 N–H and O–H groups in total. The van der Waals surface area contributed by atoms with Gasteiger partial charge in [-0.1, -0.05) is 0 Å². The van der Waals surface area contributed by atoms with E-state index in [9.17, 15) is 9.59 Å². The smallest absolute Gasteiger partial charge is 0.251 e. The van der Waals surface area contributed by atoms with E-state index in [4.69, 9.17) is 0 Å². The van der Waals surface area contributed by atoms with Crippen LogP contribution in [0.4, 0.5) is 5.69 Å². The quantitative estimate of drug-likeness (QED) is 0.782. The highest BCUT2D eigenvalue weighted by atomic mass is 35.5. The summed E-state index contributed by atoms with van der Waals surface area (Å²) in [5.41, 5.74) is 2.00. The van der Waals surface area contributed by atoms with Crippen LogP contribution in [-0.2, 0) is 4.79 Å². The zero-order valence-electron chi connectivity index (χ0n) is 12.5. The number of nitrogens with one attached hydrogen (secondary N) is 3. The van der Waals surface area contributed by atoms with E-state index >= 15 is 0 Å². The van der Waals surface area contributed by atoms with Crippen molar-refractivity contribution in [2.75, 3.05) is 18.9 Å². The number of carbonyl (C=O) groups excluding carboxylic acids is 1. The molecule has 0 saturated heterocycles. The maximum atomic E-state index is 11.6. The average Bonchev–Trinajstić information content (AvgIpc) is 2.45. The Labute approximate surface area is 134 Å². The Morgan fingerprint density at radius 2 is 1.95 bits per heavy atom. The minimum atomic E-state index is -0.179. The minimum Gasteiger partial charge on any atom is -0.326 e. The largest absolute Gasteiger partial charge is 0.326 e. The van der Waals surface area contributed by atoms with Crippen LogP contribution in [0.1, 0.15) is 12.1 Å². The molecule has 0 aliphatic carbocycles. The molecule has 118 valence electrons. The molecule has 0 saturated carbocycles. The molecule has 7 heteroatoms. The molecular formula is C15H19ClN4O2. The van der Waals surface area contributed by atoms with Crippen LogP contribution in [0.25, 0.3) is 11.4 Å². The number of rotatable bonds is 5. The van der Waals surface area contributed by atoms with E-state index in [1.54, 1.807) is 26.1 Å². The van der Waals surface area contributed by atoms with Gasteiger partial charge in [0.1, 0.15) is 5.82 Å². The van der Waals surface area contributed by atoms with Crippen LogP contribution in [0, 0.1) is 6.92 Å². The van der Waals surface area contributed by atoms with E-state index in [0.29, 0.717) is 24.5 Å². The van der Waals surface area contributed by atoms with Crippen molar-refractivity contribution in [3.8, 4) is 11.4 Å². The predicted octanol–water partition coefficient (Wildman–Crippen LogP) is 1.72. The van der Waals surface area contributed by atoms with Crippen LogP contribution in [0.3, 0.4) is 0 Å². The molecule has 1 aromatic carbocycles. The number of H-pyrrole nitrogens is 1. The van der Waals surface area contributed by atoms with Gasteiger partial charge in [0.15, 0.2) is 0 Å². The fraction of sp³-hybridized carbons (Fsp3) is 0.267. The summed E-state index contributed by atoms with van der Waals surface area (Å²) < 4.78 is 0. The Hall–Kier alpha value is -2.18. The molecule has 2 rings (SSSR count). The van der Waals surface area contributed by atoms with E-state index < -0.39 is 0 Å². The van der Waals surface area contributed by atoms with Crippen LogP contribution in [0.2, 0.25) is 0 Å². The second kappa shape index (κ2) is 8.31. The normalized spacial score (nSPS) is 9.91. The number of carbonyl (C=O) groups is 1. The first-order valence-electron chi connectivity index (χ1n) is 6.71. The van der Waals surface area contributed by atoms with Crippen molar-refractivity contribution in [2.45, 2.75) is 13.3 Å². The van der Waals surface area contributed by atoms with Crippen molar-refractivity contribution in [1.29, 1.82) is 0 Å². The third kappa shape index (κ3) is 4.98. The average molecular weight is 323 g/mol. The molecule has 1 aromatic heterocycles. The molecule has 0 unspecified atom stereocenters. The summed E-state index contributed by atoms with van der Waals surface area (Å²) in [5.74, 6) is 0.479. The third-order valence-electron chi connectivity index (χ3n) is 2.91. The van der Waals surface area contributed by atoms with Gasteiger partial charge in [0.25, 0.3) is 5.56 Å². The van der Waals surface area contributed by atoms with E-state index in [2.05, 4.69) is 20.6 Å². The van der Waals surface area contributed by atoms with E-state index in [-0.39, 0.29) is 23.9 Å². The topological polar surface area (TPSA) is 86.9 Å². The van der Waals surface area contributed by atoms with Crippen LogP contribution < -0.4 is 16.2 Å². The lowest BCUT2D eigenvalue weighted by Crippen LogP contribution is -2.18. The number of amides is 1. The second-order valence-corrected chi connectivity index (χ2v) is 4.71. The lowest BCUT2D eigenvalue weighted by Gasteiger charge is -2.06. The molecule has 0 atom stereocenters. The van der Waals surface area contributed by atoms with E-state index in [0.717, 1.165) is 11.3 Å². The van der Waals surface area contributed by atoms with Gasteiger partial charge in [-0.25, -0.2) is 4.98 Å². The number of benzene rings is 1. The number of hydrogen-bond acceptors (Lipinski definition) is 4. The van der Waals surface area contributed by atoms with Gasteiger partial charge in [0.05, 0.1) is 0 Å². The van der Waals surface area contributed by atoms with E-state index in [1.165, 1.54) is 6.07 Å². The highest BCUT2D eigenvalue weighted by Crippen LogP contribution is 2.17. The van der Waals surface area contributed by atoms with Crippen LogP contribution in [0.5, 0.6) is 0 Å². The molecule has 1 heterocycles. The first-order valence-corrected chi connectivity index (χ1v) is 6.71. The molecule has 1 amide bonds. The van der Waals surface area contributed by atoms with Gasteiger partial charge in [-0.05, 0) is 38.2 Å². The number of aromatic nitrogens is 2. The standard InChI is InChI=1S/C15H18N4O2.ClH/c1-10-9-14(21)19-15(17-10)11-3-5-12(6-4-11)18-13(20)7-8-16-2;/h3-6,9,16H,7-8H2,1-2H3,(H,18,20)(H,17,19,21);1H. The summed E-state index contributed by atoms with van der Waals surface area (Å²) in [6.07, 6.45) is 0.422. The molecule has 0 bridgehead atoms. The highest BCUT2D eigenvalue weighted by Gasteiger charge is 2.04.